The van der Waals surface area contributed by atoms with E-state index in [1.54, 1.807) is 0 Å². The molecule has 102 valence electrons. The minimum atomic E-state index is -1.87. The molecule has 4 heteroatoms. The highest BCUT2D eigenvalue weighted by Gasteiger charge is 2.25. The fourth-order valence-electron chi connectivity index (χ4n) is 2.11. The standard InChI is InChI=1S/C13H27NO2S/c1-11(2)14(3)8-6-13(7-9-17(15)16)10-12-4-5-12/h11-13H,4-10H2,1-3H3,(H,15,16)/p-1. The largest absolute Gasteiger partial charge is 0.772 e. The summed E-state index contributed by atoms with van der Waals surface area (Å²) in [5, 5.41) is 0. The lowest BCUT2D eigenvalue weighted by Gasteiger charge is -2.24. The van der Waals surface area contributed by atoms with E-state index < -0.39 is 11.1 Å². The predicted octanol–water partition coefficient (Wildman–Crippen LogP) is 2.40. The van der Waals surface area contributed by atoms with E-state index in [2.05, 4.69) is 25.8 Å². The number of rotatable bonds is 9. The molecule has 0 aliphatic heterocycles. The fraction of sp³-hybridized carbons (Fsp3) is 1.00. The molecular weight excluding hydrogens is 234 g/mol. The Labute approximate surface area is 108 Å². The van der Waals surface area contributed by atoms with Crippen LogP contribution in [0.4, 0.5) is 0 Å². The van der Waals surface area contributed by atoms with Crippen LogP contribution in [0, 0.1) is 11.8 Å². The first kappa shape index (κ1) is 15.1. The van der Waals surface area contributed by atoms with Crippen molar-refractivity contribution in [2.75, 3.05) is 19.3 Å². The van der Waals surface area contributed by atoms with Crippen molar-refractivity contribution >= 4 is 11.1 Å². The summed E-state index contributed by atoms with van der Waals surface area (Å²) in [4.78, 5) is 2.34. The van der Waals surface area contributed by atoms with Crippen molar-refractivity contribution < 1.29 is 8.76 Å². The lowest BCUT2D eigenvalue weighted by atomic mass is 9.95. The molecule has 1 saturated carbocycles. The van der Waals surface area contributed by atoms with Gasteiger partial charge in [0.15, 0.2) is 0 Å². The Kier molecular flexibility index (Phi) is 6.67. The minimum absolute atomic E-state index is 0.336. The average molecular weight is 260 g/mol. The molecular formula is C13H26NO2S-. The van der Waals surface area contributed by atoms with Gasteiger partial charge in [0.05, 0.1) is 0 Å². The molecule has 0 spiro atoms. The molecule has 1 rings (SSSR count). The van der Waals surface area contributed by atoms with E-state index >= 15 is 0 Å². The predicted molar refractivity (Wildman–Crippen MR) is 71.6 cm³/mol. The molecule has 0 amide bonds. The van der Waals surface area contributed by atoms with Gasteiger partial charge in [0.1, 0.15) is 0 Å². The molecule has 17 heavy (non-hydrogen) atoms. The van der Waals surface area contributed by atoms with E-state index in [1.807, 2.05) is 0 Å². The van der Waals surface area contributed by atoms with Gasteiger partial charge in [-0.25, -0.2) is 0 Å². The maximum atomic E-state index is 10.6. The monoisotopic (exact) mass is 260 g/mol. The van der Waals surface area contributed by atoms with Crippen LogP contribution in [0.1, 0.15) is 46.0 Å². The topological polar surface area (TPSA) is 43.4 Å². The quantitative estimate of drug-likeness (QED) is 0.598. The van der Waals surface area contributed by atoms with Gasteiger partial charge in [-0.05, 0) is 58.5 Å². The van der Waals surface area contributed by atoms with Crippen LogP contribution in [0.3, 0.4) is 0 Å². The van der Waals surface area contributed by atoms with Crippen molar-refractivity contribution in [2.24, 2.45) is 11.8 Å². The first-order valence-electron chi connectivity index (χ1n) is 6.75. The lowest BCUT2D eigenvalue weighted by Crippen LogP contribution is -2.28. The molecule has 0 bridgehead atoms. The molecule has 2 unspecified atom stereocenters. The number of hydrogen-bond acceptors (Lipinski definition) is 3. The van der Waals surface area contributed by atoms with Crippen LogP contribution in [-0.2, 0) is 11.1 Å². The molecule has 0 radical (unpaired) electrons. The second kappa shape index (κ2) is 7.49. The highest BCUT2D eigenvalue weighted by molar-refractivity contribution is 7.79. The van der Waals surface area contributed by atoms with Crippen LogP contribution in [0.5, 0.6) is 0 Å². The molecule has 0 saturated heterocycles. The van der Waals surface area contributed by atoms with Gasteiger partial charge >= 0.3 is 0 Å². The van der Waals surface area contributed by atoms with Crippen molar-refractivity contribution in [2.45, 2.75) is 52.0 Å². The highest BCUT2D eigenvalue weighted by Crippen LogP contribution is 2.37. The molecule has 0 aromatic carbocycles. The van der Waals surface area contributed by atoms with E-state index in [9.17, 15) is 8.76 Å². The first-order chi connectivity index (χ1) is 7.99. The van der Waals surface area contributed by atoms with Crippen LogP contribution < -0.4 is 0 Å². The van der Waals surface area contributed by atoms with E-state index in [4.69, 9.17) is 0 Å². The Morgan fingerprint density at radius 2 is 2.00 bits per heavy atom. The van der Waals surface area contributed by atoms with E-state index in [-0.39, 0.29) is 0 Å². The normalized spacial score (nSPS) is 19.9. The number of hydrogen-bond donors (Lipinski definition) is 0. The third kappa shape index (κ3) is 7.17. The zero-order valence-corrected chi connectivity index (χ0v) is 12.2. The van der Waals surface area contributed by atoms with E-state index in [0.29, 0.717) is 17.7 Å². The Bertz CT molecular complexity index is 242. The van der Waals surface area contributed by atoms with Gasteiger partial charge in [-0.3, -0.25) is 4.21 Å². The van der Waals surface area contributed by atoms with Crippen molar-refractivity contribution in [3.8, 4) is 0 Å². The van der Waals surface area contributed by atoms with E-state index in [0.717, 1.165) is 25.3 Å². The summed E-state index contributed by atoms with van der Waals surface area (Å²) in [7, 11) is 2.14. The summed E-state index contributed by atoms with van der Waals surface area (Å²) in [5.74, 6) is 1.83. The lowest BCUT2D eigenvalue weighted by molar-refractivity contribution is 0.243. The summed E-state index contributed by atoms with van der Waals surface area (Å²) < 4.78 is 21.3. The van der Waals surface area contributed by atoms with Gasteiger partial charge in [0.25, 0.3) is 0 Å². The maximum Gasteiger partial charge on any atom is 0.0104 e. The molecule has 0 N–H and O–H groups in total. The van der Waals surface area contributed by atoms with Crippen LogP contribution in [-0.4, -0.2) is 39.0 Å². The summed E-state index contributed by atoms with van der Waals surface area (Å²) in [6.45, 7) is 5.48. The SMILES string of the molecule is CC(C)N(C)CCC(CCS(=O)[O-])CC1CC1. The fourth-order valence-corrected chi connectivity index (χ4v) is 2.64. The second-order valence-electron chi connectivity index (χ2n) is 5.70. The summed E-state index contributed by atoms with van der Waals surface area (Å²) in [6, 6.07) is 0.574. The van der Waals surface area contributed by atoms with Gasteiger partial charge in [-0.15, -0.1) is 0 Å². The Morgan fingerprint density at radius 3 is 2.47 bits per heavy atom. The van der Waals surface area contributed by atoms with Gasteiger partial charge in [0, 0.05) is 11.8 Å². The van der Waals surface area contributed by atoms with Gasteiger partial charge < -0.3 is 9.45 Å². The van der Waals surface area contributed by atoms with Crippen molar-refractivity contribution in [1.29, 1.82) is 0 Å². The van der Waals surface area contributed by atoms with Crippen LogP contribution in [0.25, 0.3) is 0 Å². The molecule has 0 aromatic rings. The Balaban J connectivity index is 2.26. The van der Waals surface area contributed by atoms with Crippen molar-refractivity contribution in [3.63, 3.8) is 0 Å². The van der Waals surface area contributed by atoms with Gasteiger partial charge in [-0.1, -0.05) is 23.9 Å². The third-order valence-corrected chi connectivity index (χ3v) is 4.40. The highest BCUT2D eigenvalue weighted by atomic mass is 32.2. The molecule has 3 nitrogen and oxygen atoms in total. The molecule has 1 aliphatic rings. The first-order valence-corrected chi connectivity index (χ1v) is 7.99. The number of nitrogens with zero attached hydrogens (tertiary/aromatic N) is 1. The minimum Gasteiger partial charge on any atom is -0.772 e. The zero-order chi connectivity index (χ0) is 12.8. The summed E-state index contributed by atoms with van der Waals surface area (Å²) >= 11 is -1.87. The maximum absolute atomic E-state index is 10.6. The Hall–Kier alpha value is 0.0700. The summed E-state index contributed by atoms with van der Waals surface area (Å²) in [6.07, 6.45) is 5.94. The van der Waals surface area contributed by atoms with Gasteiger partial charge in [-0.2, -0.15) is 0 Å². The van der Waals surface area contributed by atoms with Gasteiger partial charge in [0.2, 0.25) is 0 Å². The second-order valence-corrected chi connectivity index (χ2v) is 6.72. The molecule has 1 fully saturated rings. The van der Waals surface area contributed by atoms with Crippen molar-refractivity contribution in [3.05, 3.63) is 0 Å². The van der Waals surface area contributed by atoms with E-state index in [1.165, 1.54) is 19.3 Å². The molecule has 1 aliphatic carbocycles. The molecule has 0 aromatic heterocycles. The van der Waals surface area contributed by atoms with Crippen molar-refractivity contribution in [1.82, 2.24) is 4.90 Å². The average Bonchev–Trinajstić information content (AvgIpc) is 3.05. The molecule has 2 atom stereocenters. The van der Waals surface area contributed by atoms with Crippen LogP contribution in [0.15, 0.2) is 0 Å². The van der Waals surface area contributed by atoms with Crippen LogP contribution in [0.2, 0.25) is 0 Å². The smallest absolute Gasteiger partial charge is 0.0104 e. The summed E-state index contributed by atoms with van der Waals surface area (Å²) in [5.41, 5.74) is 0. The Morgan fingerprint density at radius 1 is 1.35 bits per heavy atom. The molecule has 0 heterocycles. The zero-order valence-electron chi connectivity index (χ0n) is 11.4. The third-order valence-electron chi connectivity index (χ3n) is 3.83. The van der Waals surface area contributed by atoms with Crippen LogP contribution >= 0.6 is 0 Å².